The zero-order valence-electron chi connectivity index (χ0n) is 10.4. The number of piperidine rings is 1. The molecule has 2 amide bonds. The number of nitrogens with one attached hydrogen (secondary N) is 1. The van der Waals surface area contributed by atoms with Crippen molar-refractivity contribution in [2.45, 2.75) is 19.8 Å². The first kappa shape index (κ1) is 13.9. The molecule has 0 aromatic heterocycles. The first-order valence-electron chi connectivity index (χ1n) is 5.81. The lowest BCUT2D eigenvalue weighted by atomic mass is 9.97. The second kappa shape index (κ2) is 7.24. The number of rotatable bonds is 5. The molecule has 98 valence electrons. The second-order valence-corrected chi connectivity index (χ2v) is 4.11. The van der Waals surface area contributed by atoms with E-state index in [0.29, 0.717) is 19.8 Å². The van der Waals surface area contributed by atoms with E-state index in [1.807, 2.05) is 0 Å². The van der Waals surface area contributed by atoms with Gasteiger partial charge in [0.1, 0.15) is 0 Å². The summed E-state index contributed by atoms with van der Waals surface area (Å²) in [5.41, 5.74) is 2.39. The van der Waals surface area contributed by atoms with Gasteiger partial charge in [0.2, 0.25) is 11.8 Å². The summed E-state index contributed by atoms with van der Waals surface area (Å²) in [5, 5.41) is 0. The maximum atomic E-state index is 11.7. The fourth-order valence-electron chi connectivity index (χ4n) is 1.81. The zero-order chi connectivity index (χ0) is 12.7. The number of hydrogen-bond acceptors (Lipinski definition) is 4. The van der Waals surface area contributed by atoms with E-state index >= 15 is 0 Å². The fourth-order valence-corrected chi connectivity index (χ4v) is 1.81. The molecule has 1 atom stereocenters. The molecule has 1 fully saturated rings. The van der Waals surface area contributed by atoms with E-state index in [0.717, 1.165) is 19.4 Å². The Kier molecular flexibility index (Phi) is 5.93. The molecule has 1 aliphatic rings. The van der Waals surface area contributed by atoms with Crippen molar-refractivity contribution < 1.29 is 19.2 Å². The van der Waals surface area contributed by atoms with Gasteiger partial charge in [-0.2, -0.15) is 0 Å². The van der Waals surface area contributed by atoms with Crippen molar-refractivity contribution >= 4 is 11.8 Å². The van der Waals surface area contributed by atoms with Crippen LogP contribution >= 0.6 is 0 Å². The van der Waals surface area contributed by atoms with Gasteiger partial charge in [-0.05, 0) is 12.8 Å². The molecule has 0 spiro atoms. The van der Waals surface area contributed by atoms with E-state index in [2.05, 4.69) is 5.48 Å². The Hall–Kier alpha value is -1.14. The van der Waals surface area contributed by atoms with Crippen molar-refractivity contribution in [1.82, 2.24) is 10.4 Å². The second-order valence-electron chi connectivity index (χ2n) is 4.11. The van der Waals surface area contributed by atoms with Crippen LogP contribution in [0.3, 0.4) is 0 Å². The molecule has 1 rings (SSSR count). The van der Waals surface area contributed by atoms with Gasteiger partial charge in [-0.1, -0.05) is 0 Å². The minimum Gasteiger partial charge on any atom is -0.382 e. The molecule has 0 aliphatic carbocycles. The zero-order valence-corrected chi connectivity index (χ0v) is 10.4. The van der Waals surface area contributed by atoms with E-state index in [9.17, 15) is 9.59 Å². The monoisotopic (exact) mass is 244 g/mol. The van der Waals surface area contributed by atoms with Crippen LogP contribution < -0.4 is 5.48 Å². The Morgan fingerprint density at radius 1 is 1.41 bits per heavy atom. The van der Waals surface area contributed by atoms with Gasteiger partial charge in [0, 0.05) is 27.1 Å². The highest BCUT2D eigenvalue weighted by Gasteiger charge is 2.26. The maximum Gasteiger partial charge on any atom is 0.248 e. The molecule has 0 bridgehead atoms. The van der Waals surface area contributed by atoms with Crippen molar-refractivity contribution in [2.75, 3.05) is 33.4 Å². The van der Waals surface area contributed by atoms with Crippen LogP contribution in [-0.4, -0.2) is 50.1 Å². The van der Waals surface area contributed by atoms with Crippen molar-refractivity contribution in [3.8, 4) is 0 Å². The summed E-state index contributed by atoms with van der Waals surface area (Å²) >= 11 is 0. The van der Waals surface area contributed by atoms with Gasteiger partial charge in [-0.3, -0.25) is 14.4 Å². The van der Waals surface area contributed by atoms with Crippen LogP contribution in [0.1, 0.15) is 19.8 Å². The van der Waals surface area contributed by atoms with E-state index in [-0.39, 0.29) is 17.7 Å². The summed E-state index contributed by atoms with van der Waals surface area (Å²) in [6, 6.07) is 0. The molecule has 1 N–H and O–H groups in total. The lowest BCUT2D eigenvalue weighted by Crippen LogP contribution is -2.44. The van der Waals surface area contributed by atoms with Gasteiger partial charge >= 0.3 is 0 Å². The van der Waals surface area contributed by atoms with Crippen molar-refractivity contribution in [1.29, 1.82) is 0 Å². The molecule has 0 radical (unpaired) electrons. The molecular weight excluding hydrogens is 224 g/mol. The third-order valence-electron chi connectivity index (χ3n) is 2.80. The van der Waals surface area contributed by atoms with Crippen LogP contribution in [0.15, 0.2) is 0 Å². The first-order valence-corrected chi connectivity index (χ1v) is 5.81. The maximum absolute atomic E-state index is 11.7. The van der Waals surface area contributed by atoms with Gasteiger partial charge in [-0.15, -0.1) is 0 Å². The Balaban J connectivity index is 2.28. The third-order valence-corrected chi connectivity index (χ3v) is 2.80. The Morgan fingerprint density at radius 2 is 2.18 bits per heavy atom. The van der Waals surface area contributed by atoms with Crippen LogP contribution in [0.25, 0.3) is 0 Å². The standard InChI is InChI=1S/C11H20N2O4/c1-9(14)13-5-3-4-10(8-13)11(15)12-17-7-6-16-2/h10H,3-8H2,1-2H3,(H,12,15). The van der Waals surface area contributed by atoms with Gasteiger partial charge in [0.05, 0.1) is 19.1 Å². The number of hydrogen-bond donors (Lipinski definition) is 1. The number of carbonyl (C=O) groups is 2. The highest BCUT2D eigenvalue weighted by atomic mass is 16.7. The summed E-state index contributed by atoms with van der Waals surface area (Å²) in [7, 11) is 1.57. The number of methoxy groups -OCH3 is 1. The summed E-state index contributed by atoms with van der Waals surface area (Å²) in [4.78, 5) is 29.6. The number of ether oxygens (including phenoxy) is 1. The highest BCUT2D eigenvalue weighted by Crippen LogP contribution is 2.16. The minimum absolute atomic E-state index is 0.0165. The minimum atomic E-state index is -0.171. The molecule has 1 unspecified atom stereocenters. The average Bonchev–Trinajstić information content (AvgIpc) is 2.34. The normalized spacial score (nSPS) is 20.1. The molecule has 1 saturated heterocycles. The highest BCUT2D eigenvalue weighted by molar-refractivity contribution is 5.79. The lowest BCUT2D eigenvalue weighted by Gasteiger charge is -2.31. The number of nitrogens with zero attached hydrogens (tertiary/aromatic N) is 1. The van der Waals surface area contributed by atoms with Crippen LogP contribution in [0.2, 0.25) is 0 Å². The number of likely N-dealkylation sites (tertiary alicyclic amines) is 1. The van der Waals surface area contributed by atoms with Gasteiger partial charge in [0.15, 0.2) is 0 Å². The van der Waals surface area contributed by atoms with Crippen molar-refractivity contribution in [3.05, 3.63) is 0 Å². The molecule has 0 aromatic carbocycles. The van der Waals surface area contributed by atoms with Crippen LogP contribution in [0.4, 0.5) is 0 Å². The van der Waals surface area contributed by atoms with E-state index in [1.165, 1.54) is 6.92 Å². The van der Waals surface area contributed by atoms with Crippen LogP contribution in [-0.2, 0) is 19.2 Å². The first-order chi connectivity index (χ1) is 8.15. The summed E-state index contributed by atoms with van der Waals surface area (Å²) in [6.07, 6.45) is 1.65. The number of carbonyl (C=O) groups excluding carboxylic acids is 2. The third kappa shape index (κ3) is 4.70. The molecule has 1 heterocycles. The Labute approximate surface area is 101 Å². The predicted molar refractivity (Wildman–Crippen MR) is 60.9 cm³/mol. The largest absolute Gasteiger partial charge is 0.382 e. The topological polar surface area (TPSA) is 67.9 Å². The molecule has 1 aliphatic heterocycles. The van der Waals surface area contributed by atoms with E-state index in [1.54, 1.807) is 12.0 Å². The summed E-state index contributed by atoms with van der Waals surface area (Å²) in [5.74, 6) is -0.315. The SMILES string of the molecule is COCCONC(=O)C1CCCN(C(C)=O)C1. The number of amides is 2. The van der Waals surface area contributed by atoms with E-state index in [4.69, 9.17) is 9.57 Å². The summed E-state index contributed by atoms with van der Waals surface area (Å²) in [6.45, 7) is 3.50. The smallest absolute Gasteiger partial charge is 0.248 e. The van der Waals surface area contributed by atoms with Gasteiger partial charge in [0.25, 0.3) is 0 Å². The summed E-state index contributed by atoms with van der Waals surface area (Å²) < 4.78 is 4.79. The lowest BCUT2D eigenvalue weighted by molar-refractivity contribution is -0.142. The predicted octanol–water partition coefficient (Wildman–Crippen LogP) is -0.0609. The van der Waals surface area contributed by atoms with Crippen molar-refractivity contribution in [2.24, 2.45) is 5.92 Å². The van der Waals surface area contributed by atoms with Crippen molar-refractivity contribution in [3.63, 3.8) is 0 Å². The van der Waals surface area contributed by atoms with Crippen LogP contribution in [0, 0.1) is 5.92 Å². The molecule has 6 heteroatoms. The molecule has 17 heavy (non-hydrogen) atoms. The van der Waals surface area contributed by atoms with Crippen LogP contribution in [0.5, 0.6) is 0 Å². The molecule has 0 saturated carbocycles. The molecular formula is C11H20N2O4. The molecule has 6 nitrogen and oxygen atoms in total. The Morgan fingerprint density at radius 3 is 2.82 bits per heavy atom. The fraction of sp³-hybridized carbons (Fsp3) is 0.818. The van der Waals surface area contributed by atoms with E-state index < -0.39 is 0 Å². The molecule has 0 aromatic rings. The van der Waals surface area contributed by atoms with Gasteiger partial charge in [-0.25, -0.2) is 5.48 Å². The number of hydroxylamine groups is 1. The quantitative estimate of drug-likeness (QED) is 0.543. The average molecular weight is 244 g/mol. The Bertz CT molecular complexity index is 270. The van der Waals surface area contributed by atoms with Gasteiger partial charge < -0.3 is 9.64 Å².